The first kappa shape index (κ1) is 19.6. The molecule has 0 bridgehead atoms. The smallest absolute Gasteiger partial charge is 0.237 e. The predicted octanol–water partition coefficient (Wildman–Crippen LogP) is 2.85. The third kappa shape index (κ3) is 4.33. The summed E-state index contributed by atoms with van der Waals surface area (Å²) in [7, 11) is 0. The summed E-state index contributed by atoms with van der Waals surface area (Å²) in [5, 5.41) is 10.1. The maximum atomic E-state index is 13.6. The number of para-hydroxylation sites is 1. The number of aromatic nitrogens is 1. The first-order valence-electron chi connectivity index (χ1n) is 10.1. The van der Waals surface area contributed by atoms with Crippen LogP contribution in [0.25, 0.3) is 10.9 Å². The third-order valence-electron chi connectivity index (χ3n) is 5.71. The van der Waals surface area contributed by atoms with Gasteiger partial charge in [0.05, 0.1) is 24.7 Å². The van der Waals surface area contributed by atoms with Crippen molar-refractivity contribution in [2.24, 2.45) is 0 Å². The van der Waals surface area contributed by atoms with E-state index in [-0.39, 0.29) is 31.5 Å². The maximum Gasteiger partial charge on any atom is 0.237 e. The van der Waals surface area contributed by atoms with Gasteiger partial charge in [0.25, 0.3) is 0 Å². The van der Waals surface area contributed by atoms with Crippen LogP contribution in [0.3, 0.4) is 0 Å². The Bertz CT molecular complexity index is 936. The highest BCUT2D eigenvalue weighted by molar-refractivity contribution is 5.85. The van der Waals surface area contributed by atoms with Crippen molar-refractivity contribution >= 4 is 16.8 Å². The molecule has 6 nitrogen and oxygen atoms in total. The topological polar surface area (TPSA) is 69.5 Å². The predicted molar refractivity (Wildman–Crippen MR) is 107 cm³/mol. The van der Waals surface area contributed by atoms with E-state index in [9.17, 15) is 9.18 Å². The van der Waals surface area contributed by atoms with Crippen molar-refractivity contribution in [3.05, 3.63) is 36.0 Å². The van der Waals surface area contributed by atoms with E-state index in [0.717, 1.165) is 48.3 Å². The number of rotatable bonds is 4. The Kier molecular flexibility index (Phi) is 5.63. The fraction of sp³-hybridized carbons (Fsp3) is 0.500. The van der Waals surface area contributed by atoms with Crippen LogP contribution < -0.4 is 4.74 Å². The van der Waals surface area contributed by atoms with E-state index in [1.807, 2.05) is 43.3 Å². The van der Waals surface area contributed by atoms with Crippen molar-refractivity contribution in [1.82, 2.24) is 14.8 Å². The summed E-state index contributed by atoms with van der Waals surface area (Å²) in [5.74, 6) is 0.692. The zero-order valence-electron chi connectivity index (χ0n) is 16.6. The fourth-order valence-corrected chi connectivity index (χ4v) is 4.20. The van der Waals surface area contributed by atoms with Crippen LogP contribution in [0.15, 0.2) is 30.3 Å². The Balaban J connectivity index is 1.34. The van der Waals surface area contributed by atoms with Crippen LogP contribution in [-0.4, -0.2) is 65.2 Å². The lowest BCUT2D eigenvalue weighted by Gasteiger charge is -2.33. The summed E-state index contributed by atoms with van der Waals surface area (Å²) in [4.78, 5) is 20.5. The van der Waals surface area contributed by atoms with Gasteiger partial charge in [-0.15, -0.1) is 0 Å². The first-order valence-corrected chi connectivity index (χ1v) is 10.1. The normalized spacial score (nSPS) is 23.3. The first-order chi connectivity index (χ1) is 14.0. The lowest BCUT2D eigenvalue weighted by molar-refractivity contribution is -0.133. The van der Waals surface area contributed by atoms with Gasteiger partial charge in [0.1, 0.15) is 24.1 Å². The molecular weight excluding hydrogens is 371 g/mol. The highest BCUT2D eigenvalue weighted by Crippen LogP contribution is 2.28. The Morgan fingerprint density at radius 2 is 2.10 bits per heavy atom. The van der Waals surface area contributed by atoms with Crippen LogP contribution in [0.4, 0.5) is 4.39 Å². The fourth-order valence-electron chi connectivity index (χ4n) is 4.20. The molecule has 0 N–H and O–H groups in total. The number of ether oxygens (including phenoxy) is 1. The van der Waals surface area contributed by atoms with Crippen LogP contribution >= 0.6 is 0 Å². The molecule has 2 atom stereocenters. The van der Waals surface area contributed by atoms with Gasteiger partial charge in [-0.25, -0.2) is 4.39 Å². The van der Waals surface area contributed by atoms with Crippen molar-refractivity contribution < 1.29 is 13.9 Å². The summed E-state index contributed by atoms with van der Waals surface area (Å²) in [6.45, 7) is 3.70. The maximum absolute atomic E-state index is 13.6. The number of piperidine rings is 1. The minimum atomic E-state index is -1.10. The zero-order valence-corrected chi connectivity index (χ0v) is 16.6. The van der Waals surface area contributed by atoms with Crippen LogP contribution in [0.2, 0.25) is 0 Å². The number of carbonyl (C=O) groups excluding carboxylic acids is 1. The molecule has 0 unspecified atom stereocenters. The zero-order chi connectivity index (χ0) is 20.4. The van der Waals surface area contributed by atoms with E-state index in [0.29, 0.717) is 0 Å². The standard InChI is InChI=1S/C22H25FN4O2/c1-15-10-21(19-4-2-3-5-20(19)25-15)29-18-6-8-26(9-7-18)14-22(28)27-13-16(23)11-17(27)12-24/h2-5,10,16-18H,6-9,11,13-14H2,1H3/t16-,17-/m0/s1. The number of halogens is 1. The van der Waals surface area contributed by atoms with E-state index < -0.39 is 12.2 Å². The number of hydrogen-bond acceptors (Lipinski definition) is 5. The molecule has 152 valence electrons. The van der Waals surface area contributed by atoms with E-state index in [4.69, 9.17) is 10.00 Å². The molecule has 0 saturated carbocycles. The summed E-state index contributed by atoms with van der Waals surface area (Å²) < 4.78 is 19.9. The van der Waals surface area contributed by atoms with Crippen molar-refractivity contribution in [2.75, 3.05) is 26.2 Å². The number of fused-ring (bicyclic) bond motifs is 1. The third-order valence-corrected chi connectivity index (χ3v) is 5.71. The number of aryl methyl sites for hydroxylation is 1. The van der Waals surface area contributed by atoms with Gasteiger partial charge in [0.15, 0.2) is 0 Å². The van der Waals surface area contributed by atoms with Gasteiger partial charge in [0, 0.05) is 36.7 Å². The van der Waals surface area contributed by atoms with Crippen LogP contribution in [0.5, 0.6) is 5.75 Å². The molecule has 1 aromatic carbocycles. The molecule has 0 spiro atoms. The van der Waals surface area contributed by atoms with Gasteiger partial charge in [0.2, 0.25) is 5.91 Å². The number of carbonyl (C=O) groups is 1. The second-order valence-corrected chi connectivity index (χ2v) is 7.90. The summed E-state index contributed by atoms with van der Waals surface area (Å²) in [5.41, 5.74) is 1.85. The van der Waals surface area contributed by atoms with Gasteiger partial charge in [-0.2, -0.15) is 5.26 Å². The Labute approximate surface area is 169 Å². The van der Waals surface area contributed by atoms with Crippen molar-refractivity contribution in [1.29, 1.82) is 5.26 Å². The van der Waals surface area contributed by atoms with E-state index in [1.165, 1.54) is 4.90 Å². The minimum absolute atomic E-state index is 0.0328. The molecule has 0 radical (unpaired) electrons. The highest BCUT2D eigenvalue weighted by atomic mass is 19.1. The number of nitrogens with zero attached hydrogens (tertiary/aromatic N) is 4. The van der Waals surface area contributed by atoms with Crippen molar-refractivity contribution in [2.45, 2.75) is 44.5 Å². The van der Waals surface area contributed by atoms with Gasteiger partial charge in [-0.1, -0.05) is 12.1 Å². The number of nitriles is 1. The molecule has 3 heterocycles. The molecule has 2 aromatic rings. The molecular formula is C22H25FN4O2. The monoisotopic (exact) mass is 396 g/mol. The Morgan fingerprint density at radius 3 is 2.86 bits per heavy atom. The number of likely N-dealkylation sites (tertiary alicyclic amines) is 2. The van der Waals surface area contributed by atoms with Gasteiger partial charge in [-0.3, -0.25) is 14.7 Å². The molecule has 2 aliphatic heterocycles. The summed E-state index contributed by atoms with van der Waals surface area (Å²) >= 11 is 0. The second kappa shape index (κ2) is 8.34. The van der Waals surface area contributed by atoms with Crippen LogP contribution in [0.1, 0.15) is 25.0 Å². The molecule has 29 heavy (non-hydrogen) atoms. The SMILES string of the molecule is Cc1cc(OC2CCN(CC(=O)N3C[C@@H](F)C[C@H]3C#N)CC2)c2ccccc2n1. The number of hydrogen-bond donors (Lipinski definition) is 0. The largest absolute Gasteiger partial charge is 0.490 e. The average molecular weight is 396 g/mol. The van der Waals surface area contributed by atoms with Crippen molar-refractivity contribution in [3.8, 4) is 11.8 Å². The second-order valence-electron chi connectivity index (χ2n) is 7.90. The molecule has 2 aliphatic rings. The summed E-state index contributed by atoms with van der Waals surface area (Å²) in [6, 6.07) is 11.3. The molecule has 2 fully saturated rings. The van der Waals surface area contributed by atoms with E-state index >= 15 is 0 Å². The lowest BCUT2D eigenvalue weighted by Crippen LogP contribution is -2.46. The molecule has 2 saturated heterocycles. The van der Waals surface area contributed by atoms with Crippen LogP contribution in [-0.2, 0) is 4.79 Å². The molecule has 1 aromatic heterocycles. The Hall–Kier alpha value is -2.72. The van der Waals surface area contributed by atoms with Gasteiger partial charge >= 0.3 is 0 Å². The van der Waals surface area contributed by atoms with E-state index in [1.54, 1.807) is 0 Å². The van der Waals surface area contributed by atoms with E-state index in [2.05, 4.69) is 9.88 Å². The van der Waals surface area contributed by atoms with Crippen LogP contribution in [0, 0.1) is 18.3 Å². The minimum Gasteiger partial charge on any atom is -0.490 e. The molecule has 4 rings (SSSR count). The van der Waals surface area contributed by atoms with Gasteiger partial charge < -0.3 is 9.64 Å². The average Bonchev–Trinajstić information content (AvgIpc) is 3.10. The highest BCUT2D eigenvalue weighted by Gasteiger charge is 2.36. The number of benzene rings is 1. The summed E-state index contributed by atoms with van der Waals surface area (Å²) in [6.07, 6.45) is 0.742. The number of pyridine rings is 1. The molecule has 0 aliphatic carbocycles. The lowest BCUT2D eigenvalue weighted by atomic mass is 10.1. The number of amides is 1. The quantitative estimate of drug-likeness (QED) is 0.795. The van der Waals surface area contributed by atoms with Gasteiger partial charge in [-0.05, 0) is 31.9 Å². The van der Waals surface area contributed by atoms with Crippen molar-refractivity contribution in [3.63, 3.8) is 0 Å². The molecule has 7 heteroatoms. The number of alkyl halides is 1. The Morgan fingerprint density at radius 1 is 1.34 bits per heavy atom. The molecule has 1 amide bonds.